The molecule has 1 aromatic carbocycles. The normalized spacial score (nSPS) is 16.9. The zero-order chi connectivity index (χ0) is 13.9. The lowest BCUT2D eigenvalue weighted by molar-refractivity contribution is 0.112. The molecule has 1 aliphatic rings. The molecule has 0 fully saturated rings. The molecule has 4 nitrogen and oxygen atoms in total. The summed E-state index contributed by atoms with van der Waals surface area (Å²) in [5.41, 5.74) is 2.82. The fraction of sp³-hybridized carbons (Fsp3) is 0.250. The molecule has 2 aromatic rings. The number of aryl methyl sites for hydroxylation is 1. The molecule has 0 aliphatic carbocycles. The molecule has 102 valence electrons. The van der Waals surface area contributed by atoms with E-state index in [0.717, 1.165) is 36.0 Å². The van der Waals surface area contributed by atoms with Crippen molar-refractivity contribution in [2.45, 2.75) is 18.9 Å². The smallest absolute Gasteiger partial charge is 0.212 e. The zero-order valence-electron chi connectivity index (χ0n) is 11.2. The Morgan fingerprint density at radius 3 is 2.95 bits per heavy atom. The fourth-order valence-electron chi connectivity index (χ4n) is 2.42. The van der Waals surface area contributed by atoms with Crippen LogP contribution in [0.25, 0.3) is 0 Å². The third-order valence-corrected chi connectivity index (χ3v) is 3.51. The van der Waals surface area contributed by atoms with Gasteiger partial charge in [-0.1, -0.05) is 0 Å². The van der Waals surface area contributed by atoms with E-state index < -0.39 is 0 Å². The highest BCUT2D eigenvalue weighted by molar-refractivity contribution is 5.75. The minimum absolute atomic E-state index is 0.00277. The summed E-state index contributed by atoms with van der Waals surface area (Å²) in [4.78, 5) is 15.0. The second kappa shape index (κ2) is 5.33. The van der Waals surface area contributed by atoms with Crippen molar-refractivity contribution >= 4 is 6.29 Å². The Morgan fingerprint density at radius 1 is 1.35 bits per heavy atom. The van der Waals surface area contributed by atoms with Crippen LogP contribution >= 0.6 is 0 Å². The number of carbonyl (C=O) groups is 1. The van der Waals surface area contributed by atoms with Gasteiger partial charge in [-0.2, -0.15) is 0 Å². The van der Waals surface area contributed by atoms with Gasteiger partial charge in [0.15, 0.2) is 0 Å². The highest BCUT2D eigenvalue weighted by Gasteiger charge is 2.21. The molecule has 0 spiro atoms. The van der Waals surface area contributed by atoms with E-state index in [1.54, 1.807) is 19.4 Å². The summed E-state index contributed by atoms with van der Waals surface area (Å²) >= 11 is 0. The van der Waals surface area contributed by atoms with Gasteiger partial charge in [-0.25, -0.2) is 4.98 Å². The number of nitrogens with zero attached hydrogens (tertiary/aromatic N) is 1. The monoisotopic (exact) mass is 269 g/mol. The minimum atomic E-state index is 0.00277. The molecule has 1 atom stereocenters. The fourth-order valence-corrected chi connectivity index (χ4v) is 2.42. The first kappa shape index (κ1) is 12.7. The van der Waals surface area contributed by atoms with E-state index in [4.69, 9.17) is 9.47 Å². The average molecular weight is 269 g/mol. The quantitative estimate of drug-likeness (QED) is 0.804. The third-order valence-electron chi connectivity index (χ3n) is 3.51. The lowest BCUT2D eigenvalue weighted by Gasteiger charge is -2.26. The summed E-state index contributed by atoms with van der Waals surface area (Å²) < 4.78 is 11.0. The molecule has 0 saturated heterocycles. The second-order valence-corrected chi connectivity index (χ2v) is 4.76. The van der Waals surface area contributed by atoms with E-state index in [1.165, 1.54) is 0 Å². The molecule has 0 amide bonds. The molecule has 1 unspecified atom stereocenters. The molecule has 0 saturated carbocycles. The Bertz CT molecular complexity index is 622. The van der Waals surface area contributed by atoms with Crippen LogP contribution in [-0.4, -0.2) is 18.4 Å². The van der Waals surface area contributed by atoms with E-state index in [0.29, 0.717) is 11.4 Å². The van der Waals surface area contributed by atoms with Crippen LogP contribution < -0.4 is 9.47 Å². The molecule has 20 heavy (non-hydrogen) atoms. The van der Waals surface area contributed by atoms with Crippen LogP contribution in [0.1, 0.15) is 34.0 Å². The summed E-state index contributed by atoms with van der Waals surface area (Å²) in [5.74, 6) is 1.45. The van der Waals surface area contributed by atoms with Crippen LogP contribution in [0, 0.1) is 0 Å². The van der Waals surface area contributed by atoms with Crippen LogP contribution in [-0.2, 0) is 6.42 Å². The maximum absolute atomic E-state index is 10.8. The minimum Gasteiger partial charge on any atom is -0.485 e. The van der Waals surface area contributed by atoms with Gasteiger partial charge in [0.25, 0.3) is 0 Å². The molecule has 1 aliphatic heterocycles. The summed E-state index contributed by atoms with van der Waals surface area (Å²) in [6.45, 7) is 0. The van der Waals surface area contributed by atoms with Gasteiger partial charge in [-0.15, -0.1) is 0 Å². The number of carbonyl (C=O) groups excluding carboxylic acids is 1. The number of ether oxygens (including phenoxy) is 2. The largest absolute Gasteiger partial charge is 0.485 e. The number of pyridine rings is 1. The SMILES string of the molecule is COc1ccc(C2CCc3cc(C=O)ccc3O2)cn1. The maximum Gasteiger partial charge on any atom is 0.212 e. The van der Waals surface area contributed by atoms with Crippen molar-refractivity contribution in [3.8, 4) is 11.6 Å². The van der Waals surface area contributed by atoms with Crippen molar-refractivity contribution in [1.29, 1.82) is 0 Å². The van der Waals surface area contributed by atoms with Crippen molar-refractivity contribution in [3.63, 3.8) is 0 Å². The number of rotatable bonds is 3. The zero-order valence-corrected chi connectivity index (χ0v) is 11.2. The lowest BCUT2D eigenvalue weighted by Crippen LogP contribution is -2.15. The van der Waals surface area contributed by atoms with Crippen LogP contribution in [0.3, 0.4) is 0 Å². The van der Waals surface area contributed by atoms with Gasteiger partial charge in [0, 0.05) is 23.4 Å². The van der Waals surface area contributed by atoms with E-state index in [2.05, 4.69) is 4.98 Å². The average Bonchev–Trinajstić information content (AvgIpc) is 2.54. The molecule has 2 heterocycles. The van der Waals surface area contributed by atoms with Crippen LogP contribution in [0.15, 0.2) is 36.5 Å². The van der Waals surface area contributed by atoms with E-state index in [9.17, 15) is 4.79 Å². The molecule has 1 aromatic heterocycles. The first-order valence-electron chi connectivity index (χ1n) is 6.55. The van der Waals surface area contributed by atoms with Crippen LogP contribution in [0.2, 0.25) is 0 Å². The van der Waals surface area contributed by atoms with Gasteiger partial charge in [0.1, 0.15) is 18.1 Å². The number of fused-ring (bicyclic) bond motifs is 1. The van der Waals surface area contributed by atoms with Gasteiger partial charge < -0.3 is 9.47 Å². The lowest BCUT2D eigenvalue weighted by atomic mass is 9.97. The summed E-state index contributed by atoms with van der Waals surface area (Å²) in [6.07, 6.45) is 4.42. The molecule has 0 bridgehead atoms. The number of aldehydes is 1. The first-order valence-corrected chi connectivity index (χ1v) is 6.55. The van der Waals surface area contributed by atoms with Crippen LogP contribution in [0.4, 0.5) is 0 Å². The van der Waals surface area contributed by atoms with Crippen molar-refractivity contribution in [2.75, 3.05) is 7.11 Å². The number of hydrogen-bond acceptors (Lipinski definition) is 4. The van der Waals surface area contributed by atoms with Crippen molar-refractivity contribution in [1.82, 2.24) is 4.98 Å². The molecule has 0 N–H and O–H groups in total. The summed E-state index contributed by atoms with van der Waals surface area (Å²) in [5, 5.41) is 0. The van der Waals surface area contributed by atoms with Gasteiger partial charge in [-0.05, 0) is 42.7 Å². The Labute approximate surface area is 117 Å². The highest BCUT2D eigenvalue weighted by Crippen LogP contribution is 2.35. The van der Waals surface area contributed by atoms with Gasteiger partial charge in [0.05, 0.1) is 7.11 Å². The van der Waals surface area contributed by atoms with Crippen molar-refractivity contribution < 1.29 is 14.3 Å². The highest BCUT2D eigenvalue weighted by atomic mass is 16.5. The predicted molar refractivity (Wildman–Crippen MR) is 74.3 cm³/mol. The number of hydrogen-bond donors (Lipinski definition) is 0. The number of aromatic nitrogens is 1. The molecule has 3 rings (SSSR count). The Kier molecular flexibility index (Phi) is 3.37. The Morgan fingerprint density at radius 2 is 2.25 bits per heavy atom. The van der Waals surface area contributed by atoms with Crippen molar-refractivity contribution in [2.24, 2.45) is 0 Å². The van der Waals surface area contributed by atoms with E-state index in [1.807, 2.05) is 24.3 Å². The maximum atomic E-state index is 10.8. The topological polar surface area (TPSA) is 48.4 Å². The predicted octanol–water partition coefficient (Wildman–Crippen LogP) is 2.97. The van der Waals surface area contributed by atoms with Gasteiger partial charge in [0.2, 0.25) is 5.88 Å². The second-order valence-electron chi connectivity index (χ2n) is 4.76. The number of methoxy groups -OCH3 is 1. The third kappa shape index (κ3) is 2.37. The van der Waals surface area contributed by atoms with E-state index in [-0.39, 0.29) is 6.10 Å². The van der Waals surface area contributed by atoms with Crippen molar-refractivity contribution in [3.05, 3.63) is 53.2 Å². The number of benzene rings is 1. The molecule has 0 radical (unpaired) electrons. The molecule has 4 heteroatoms. The summed E-state index contributed by atoms with van der Waals surface area (Å²) in [6, 6.07) is 9.35. The van der Waals surface area contributed by atoms with E-state index >= 15 is 0 Å². The Balaban J connectivity index is 1.82. The summed E-state index contributed by atoms with van der Waals surface area (Å²) in [7, 11) is 1.60. The molecular formula is C16H15NO3. The van der Waals surface area contributed by atoms with Crippen LogP contribution in [0.5, 0.6) is 11.6 Å². The molecular weight excluding hydrogens is 254 g/mol. The van der Waals surface area contributed by atoms with Gasteiger partial charge in [-0.3, -0.25) is 4.79 Å². The Hall–Kier alpha value is -2.36. The standard InChI is InChI=1S/C16H15NO3/c1-19-16-7-4-13(9-17-16)15-6-3-12-8-11(10-18)2-5-14(12)20-15/h2,4-5,7-10,15H,3,6H2,1H3. The first-order chi connectivity index (χ1) is 9.80. The van der Waals surface area contributed by atoms with Gasteiger partial charge >= 0.3 is 0 Å².